The van der Waals surface area contributed by atoms with Crippen LogP contribution in [0.4, 0.5) is 0 Å². The van der Waals surface area contributed by atoms with Crippen molar-refractivity contribution in [1.82, 2.24) is 19.2 Å². The van der Waals surface area contributed by atoms with Gasteiger partial charge in [-0.15, -0.1) is 0 Å². The Hall–Kier alpha value is -3.16. The molecule has 2 aromatic heterocycles. The molecule has 8 heteroatoms. The van der Waals surface area contributed by atoms with E-state index < -0.39 is 0 Å². The van der Waals surface area contributed by atoms with Crippen LogP contribution in [0.25, 0.3) is 21.8 Å². The zero-order valence-electron chi connectivity index (χ0n) is 16.6. The molecule has 1 aliphatic rings. The number of hydrogen-bond donors (Lipinski definition) is 0. The Morgan fingerprint density at radius 2 is 2.03 bits per heavy atom. The van der Waals surface area contributed by atoms with Crippen LogP contribution >= 0.6 is 0 Å². The first kappa shape index (κ1) is 19.2. The fourth-order valence-electron chi connectivity index (χ4n) is 4.10. The Kier molecular flexibility index (Phi) is 5.08. The molecule has 0 aliphatic carbocycles. The molecule has 0 bridgehead atoms. The van der Waals surface area contributed by atoms with E-state index >= 15 is 0 Å². The maximum absolute atomic E-state index is 13.1. The van der Waals surface area contributed by atoms with Crippen LogP contribution in [-0.4, -0.2) is 50.8 Å². The number of esters is 1. The minimum absolute atomic E-state index is 0.0405. The number of nitrogens with zero attached hydrogens (tertiary/aromatic N) is 4. The zero-order chi connectivity index (χ0) is 20.5. The smallest absolute Gasteiger partial charge is 0.310 e. The first-order valence-corrected chi connectivity index (χ1v) is 9.89. The molecule has 1 aliphatic heterocycles. The summed E-state index contributed by atoms with van der Waals surface area (Å²) in [6, 6.07) is 7.62. The fraction of sp³-hybridized carbons (Fsp3) is 0.429. The fourth-order valence-corrected chi connectivity index (χ4v) is 4.10. The maximum atomic E-state index is 13.1. The molecule has 3 heterocycles. The van der Waals surface area contributed by atoms with Crippen LogP contribution in [-0.2, 0) is 27.9 Å². The second-order valence-corrected chi connectivity index (χ2v) is 7.37. The highest BCUT2D eigenvalue weighted by Gasteiger charge is 2.30. The summed E-state index contributed by atoms with van der Waals surface area (Å²) in [5.74, 6) is -0.648. The molecule has 152 valence electrons. The van der Waals surface area contributed by atoms with Crippen molar-refractivity contribution in [2.24, 2.45) is 13.0 Å². The Balaban J connectivity index is 1.68. The summed E-state index contributed by atoms with van der Waals surface area (Å²) < 4.78 is 8.17. The number of aryl methyl sites for hydroxylation is 1. The predicted octanol–water partition coefficient (Wildman–Crippen LogP) is 1.69. The number of ether oxygens (including phenoxy) is 1. The van der Waals surface area contributed by atoms with Crippen LogP contribution in [0.2, 0.25) is 0 Å². The van der Waals surface area contributed by atoms with Gasteiger partial charge in [-0.05, 0) is 25.8 Å². The van der Waals surface area contributed by atoms with E-state index in [9.17, 15) is 14.4 Å². The molecule has 1 aromatic carbocycles. The van der Waals surface area contributed by atoms with E-state index in [1.54, 1.807) is 29.6 Å². The predicted molar refractivity (Wildman–Crippen MR) is 108 cm³/mol. The molecule has 1 fully saturated rings. The summed E-state index contributed by atoms with van der Waals surface area (Å²) in [5.41, 5.74) is 1.05. The number of carbonyl (C=O) groups is 2. The van der Waals surface area contributed by atoms with Gasteiger partial charge in [0.05, 0.1) is 18.7 Å². The number of carbonyl (C=O) groups excluding carboxylic acids is 2. The number of piperidine rings is 1. The molecular weight excluding hydrogens is 372 g/mol. The molecule has 1 saturated heterocycles. The standard InChI is InChI=1S/C21H24N4O4/c1-3-29-21(28)14-7-6-10-24(12-14)18(26)13-25-17-9-5-4-8-15(17)16-11-22-23(2)20(27)19(16)25/h4-5,8-9,11,14H,3,6-7,10,12-13H2,1-2H3/t14-/m0/s1. The summed E-state index contributed by atoms with van der Waals surface area (Å²) >= 11 is 0. The first-order valence-electron chi connectivity index (χ1n) is 9.89. The molecule has 3 aromatic rings. The van der Waals surface area contributed by atoms with Crippen LogP contribution in [0, 0.1) is 5.92 Å². The van der Waals surface area contributed by atoms with Gasteiger partial charge in [-0.2, -0.15) is 5.10 Å². The van der Waals surface area contributed by atoms with E-state index in [-0.39, 0.29) is 29.9 Å². The monoisotopic (exact) mass is 396 g/mol. The number of benzene rings is 1. The maximum Gasteiger partial charge on any atom is 0.310 e. The minimum Gasteiger partial charge on any atom is -0.466 e. The molecule has 0 radical (unpaired) electrons. The van der Waals surface area contributed by atoms with Crippen LogP contribution in [0.3, 0.4) is 0 Å². The van der Waals surface area contributed by atoms with Crippen LogP contribution in [0.1, 0.15) is 19.8 Å². The minimum atomic E-state index is -0.289. The van der Waals surface area contributed by atoms with Gasteiger partial charge in [0, 0.05) is 36.4 Å². The highest BCUT2D eigenvalue weighted by atomic mass is 16.5. The lowest BCUT2D eigenvalue weighted by Gasteiger charge is -2.31. The Morgan fingerprint density at radius 3 is 2.83 bits per heavy atom. The number of likely N-dealkylation sites (tertiary alicyclic amines) is 1. The number of hydrogen-bond acceptors (Lipinski definition) is 5. The van der Waals surface area contributed by atoms with Crippen molar-refractivity contribution in [1.29, 1.82) is 0 Å². The molecule has 0 saturated carbocycles. The molecule has 0 N–H and O–H groups in total. The molecule has 0 spiro atoms. The van der Waals surface area contributed by atoms with E-state index in [0.29, 0.717) is 25.2 Å². The number of rotatable bonds is 4. The van der Waals surface area contributed by atoms with Gasteiger partial charge in [0.25, 0.3) is 5.56 Å². The number of para-hydroxylation sites is 1. The third kappa shape index (κ3) is 3.39. The Morgan fingerprint density at radius 1 is 1.24 bits per heavy atom. The van der Waals surface area contributed by atoms with Crippen LogP contribution in [0.15, 0.2) is 35.3 Å². The number of amides is 1. The van der Waals surface area contributed by atoms with Gasteiger partial charge >= 0.3 is 5.97 Å². The molecule has 29 heavy (non-hydrogen) atoms. The van der Waals surface area contributed by atoms with Crippen LogP contribution < -0.4 is 5.56 Å². The second-order valence-electron chi connectivity index (χ2n) is 7.37. The first-order chi connectivity index (χ1) is 14.0. The second kappa shape index (κ2) is 7.69. The van der Waals surface area contributed by atoms with Gasteiger partial charge < -0.3 is 14.2 Å². The third-order valence-corrected chi connectivity index (χ3v) is 5.55. The average Bonchev–Trinajstić information content (AvgIpc) is 3.05. The summed E-state index contributed by atoms with van der Waals surface area (Å²) in [6.45, 7) is 3.11. The van der Waals surface area contributed by atoms with Crippen molar-refractivity contribution in [3.63, 3.8) is 0 Å². The lowest BCUT2D eigenvalue weighted by atomic mass is 9.98. The van der Waals surface area contributed by atoms with Gasteiger partial charge in [-0.25, -0.2) is 4.68 Å². The summed E-state index contributed by atoms with van der Waals surface area (Å²) in [4.78, 5) is 39.7. The van der Waals surface area contributed by atoms with Gasteiger partial charge in [0.1, 0.15) is 12.1 Å². The number of aromatic nitrogens is 3. The van der Waals surface area contributed by atoms with Gasteiger partial charge in [-0.1, -0.05) is 18.2 Å². The summed E-state index contributed by atoms with van der Waals surface area (Å²) in [7, 11) is 1.60. The normalized spacial score (nSPS) is 17.0. The highest BCUT2D eigenvalue weighted by molar-refractivity contribution is 6.07. The summed E-state index contributed by atoms with van der Waals surface area (Å²) in [5, 5.41) is 5.76. The average molecular weight is 396 g/mol. The highest BCUT2D eigenvalue weighted by Crippen LogP contribution is 2.27. The molecule has 0 unspecified atom stereocenters. The number of fused-ring (bicyclic) bond motifs is 3. The quantitative estimate of drug-likeness (QED) is 0.627. The van der Waals surface area contributed by atoms with Crippen molar-refractivity contribution in [3.8, 4) is 0 Å². The topological polar surface area (TPSA) is 86.4 Å². The lowest BCUT2D eigenvalue weighted by molar-refractivity contribution is -0.151. The van der Waals surface area contributed by atoms with Crippen LogP contribution in [0.5, 0.6) is 0 Å². The van der Waals surface area contributed by atoms with Gasteiger partial charge in [-0.3, -0.25) is 14.4 Å². The Bertz CT molecular complexity index is 1150. The van der Waals surface area contributed by atoms with E-state index in [0.717, 1.165) is 29.1 Å². The van der Waals surface area contributed by atoms with E-state index in [1.807, 2.05) is 24.3 Å². The molecule has 8 nitrogen and oxygen atoms in total. The molecule has 1 atom stereocenters. The summed E-state index contributed by atoms with van der Waals surface area (Å²) in [6.07, 6.45) is 3.15. The lowest BCUT2D eigenvalue weighted by Crippen LogP contribution is -2.44. The molecule has 4 rings (SSSR count). The van der Waals surface area contributed by atoms with E-state index in [4.69, 9.17) is 4.74 Å². The van der Waals surface area contributed by atoms with Crippen molar-refractivity contribution < 1.29 is 14.3 Å². The van der Waals surface area contributed by atoms with Crippen molar-refractivity contribution in [2.75, 3.05) is 19.7 Å². The van der Waals surface area contributed by atoms with E-state index in [1.165, 1.54) is 4.68 Å². The Labute approximate surface area is 167 Å². The largest absolute Gasteiger partial charge is 0.466 e. The van der Waals surface area contributed by atoms with Gasteiger partial charge in [0.2, 0.25) is 5.91 Å². The zero-order valence-corrected chi connectivity index (χ0v) is 16.6. The molecular formula is C21H24N4O4. The molecule has 1 amide bonds. The van der Waals surface area contributed by atoms with E-state index in [2.05, 4.69) is 5.10 Å². The SMILES string of the molecule is CCOC(=O)[C@H]1CCCN(C(=O)Cn2c3ccccc3c3cnn(C)c(=O)c32)C1. The van der Waals surface area contributed by atoms with Crippen molar-refractivity contribution in [2.45, 2.75) is 26.3 Å². The van der Waals surface area contributed by atoms with Crippen molar-refractivity contribution >= 4 is 33.7 Å². The van der Waals surface area contributed by atoms with Gasteiger partial charge in [0.15, 0.2) is 0 Å². The van der Waals surface area contributed by atoms with Crippen molar-refractivity contribution in [3.05, 3.63) is 40.8 Å². The third-order valence-electron chi connectivity index (χ3n) is 5.55.